The molecule has 3 rings (SSSR count). The minimum absolute atomic E-state index is 0.0795. The van der Waals surface area contributed by atoms with Gasteiger partial charge in [-0.05, 0) is 63.3 Å². The summed E-state index contributed by atoms with van der Waals surface area (Å²) in [5.74, 6) is 0.799. The van der Waals surface area contributed by atoms with Crippen molar-refractivity contribution in [3.05, 3.63) is 48.7 Å². The molecule has 1 aliphatic heterocycles. The maximum Gasteiger partial charge on any atom is 0.410 e. The van der Waals surface area contributed by atoms with E-state index in [1.165, 1.54) is 0 Å². The molecule has 31 heavy (non-hydrogen) atoms. The molecule has 1 aliphatic rings. The Balaban J connectivity index is 1.65. The lowest BCUT2D eigenvalue weighted by atomic mass is 9.85. The van der Waals surface area contributed by atoms with Crippen molar-refractivity contribution in [2.45, 2.75) is 32.8 Å². The number of fused-ring (bicyclic) bond motifs is 1. The van der Waals surface area contributed by atoms with Gasteiger partial charge in [0.1, 0.15) is 11.4 Å². The summed E-state index contributed by atoms with van der Waals surface area (Å²) >= 11 is 0. The first-order valence-electron chi connectivity index (χ1n) is 10.5. The van der Waals surface area contributed by atoms with E-state index in [-0.39, 0.29) is 23.8 Å². The molecule has 1 aromatic heterocycles. The molecule has 0 bridgehead atoms. The predicted octanol–water partition coefficient (Wildman–Crippen LogP) is 4.03. The molecule has 1 N–H and O–H groups in total. The molecule has 1 fully saturated rings. The van der Waals surface area contributed by atoms with E-state index in [0.717, 1.165) is 17.3 Å². The molecule has 2 unspecified atom stereocenters. The second-order valence-electron chi connectivity index (χ2n) is 8.83. The SMILES string of the molecule is C=CC1CN(C(=O)OC(C)(C)C)CCC1CNC(=O)c1ccnc2ccc(OC)cc12. The second kappa shape index (κ2) is 9.37. The molecule has 2 heterocycles. The average molecular weight is 426 g/mol. The fraction of sp³-hybridized carbons (Fsp3) is 0.458. The Kier molecular flexibility index (Phi) is 6.83. The first kappa shape index (κ1) is 22.6. The standard InChI is InChI=1S/C24H31N3O4/c1-6-16-15-27(23(29)31-24(2,3)4)12-10-17(16)14-26-22(28)19-9-11-25-21-8-7-18(30-5)13-20(19)21/h6-9,11,13,16-17H,1,10,12,14-15H2,2-5H3,(H,26,28). The van der Waals surface area contributed by atoms with E-state index in [0.29, 0.717) is 30.9 Å². The highest BCUT2D eigenvalue weighted by atomic mass is 16.6. The van der Waals surface area contributed by atoms with Crippen LogP contribution in [-0.2, 0) is 4.74 Å². The summed E-state index contributed by atoms with van der Waals surface area (Å²) in [6, 6.07) is 7.20. The van der Waals surface area contributed by atoms with Crippen molar-refractivity contribution >= 4 is 22.9 Å². The van der Waals surface area contributed by atoms with Crippen LogP contribution in [0.15, 0.2) is 43.1 Å². The van der Waals surface area contributed by atoms with Crippen molar-refractivity contribution < 1.29 is 19.1 Å². The lowest BCUT2D eigenvalue weighted by molar-refractivity contribution is 0.0137. The van der Waals surface area contributed by atoms with E-state index in [9.17, 15) is 9.59 Å². The number of nitrogens with zero attached hydrogens (tertiary/aromatic N) is 2. The van der Waals surface area contributed by atoms with Gasteiger partial charge in [-0.2, -0.15) is 0 Å². The molecule has 1 aromatic carbocycles. The van der Waals surface area contributed by atoms with Crippen molar-refractivity contribution in [2.75, 3.05) is 26.7 Å². The van der Waals surface area contributed by atoms with E-state index < -0.39 is 5.60 Å². The zero-order chi connectivity index (χ0) is 22.6. The Morgan fingerprint density at radius 2 is 2.10 bits per heavy atom. The van der Waals surface area contributed by atoms with Gasteiger partial charge in [-0.3, -0.25) is 9.78 Å². The average Bonchev–Trinajstić information content (AvgIpc) is 2.75. The number of carbonyl (C=O) groups is 2. The summed E-state index contributed by atoms with van der Waals surface area (Å²) in [7, 11) is 1.59. The molecule has 0 spiro atoms. The van der Waals surface area contributed by atoms with Crippen molar-refractivity contribution in [3.63, 3.8) is 0 Å². The van der Waals surface area contributed by atoms with Crippen molar-refractivity contribution in [1.29, 1.82) is 0 Å². The molecule has 7 nitrogen and oxygen atoms in total. The summed E-state index contributed by atoms with van der Waals surface area (Å²) < 4.78 is 10.8. The van der Waals surface area contributed by atoms with Crippen LogP contribution in [0.2, 0.25) is 0 Å². The predicted molar refractivity (Wildman–Crippen MR) is 120 cm³/mol. The van der Waals surface area contributed by atoms with Crippen molar-refractivity contribution in [1.82, 2.24) is 15.2 Å². The van der Waals surface area contributed by atoms with Crippen LogP contribution in [0.4, 0.5) is 4.79 Å². The zero-order valence-electron chi connectivity index (χ0n) is 18.7. The highest BCUT2D eigenvalue weighted by Crippen LogP contribution is 2.26. The number of piperidine rings is 1. The van der Waals surface area contributed by atoms with Crippen LogP contribution in [0.1, 0.15) is 37.6 Å². The monoisotopic (exact) mass is 425 g/mol. The third-order valence-corrected chi connectivity index (χ3v) is 5.48. The Morgan fingerprint density at radius 1 is 1.32 bits per heavy atom. The lowest BCUT2D eigenvalue weighted by Crippen LogP contribution is -2.47. The maximum absolute atomic E-state index is 12.9. The third kappa shape index (κ3) is 5.54. The van der Waals surface area contributed by atoms with Crippen molar-refractivity contribution in [3.8, 4) is 5.75 Å². The van der Waals surface area contributed by atoms with Gasteiger partial charge >= 0.3 is 6.09 Å². The molecular weight excluding hydrogens is 394 g/mol. The Bertz CT molecular complexity index is 967. The molecule has 1 saturated heterocycles. The van der Waals surface area contributed by atoms with Crippen LogP contribution in [0.25, 0.3) is 10.9 Å². The van der Waals surface area contributed by atoms with Crippen molar-refractivity contribution in [2.24, 2.45) is 11.8 Å². The summed E-state index contributed by atoms with van der Waals surface area (Å²) in [5, 5.41) is 3.80. The second-order valence-corrected chi connectivity index (χ2v) is 8.83. The number of amides is 2. The number of likely N-dealkylation sites (tertiary alicyclic amines) is 1. The van der Waals surface area contributed by atoms with E-state index >= 15 is 0 Å². The molecule has 7 heteroatoms. The molecule has 0 saturated carbocycles. The van der Waals surface area contributed by atoms with Gasteiger partial charge in [0.25, 0.3) is 5.91 Å². The molecule has 0 radical (unpaired) electrons. The quantitative estimate of drug-likeness (QED) is 0.732. The third-order valence-electron chi connectivity index (χ3n) is 5.48. The number of rotatable bonds is 5. The van der Waals surface area contributed by atoms with Crippen LogP contribution in [-0.4, -0.2) is 54.2 Å². The van der Waals surface area contributed by atoms with Crippen LogP contribution in [0.3, 0.4) is 0 Å². The van der Waals surface area contributed by atoms with Crippen LogP contribution in [0, 0.1) is 11.8 Å². The normalized spacial score (nSPS) is 19.0. The number of pyridine rings is 1. The van der Waals surface area contributed by atoms with Crippen LogP contribution >= 0.6 is 0 Å². The topological polar surface area (TPSA) is 80.8 Å². The fourth-order valence-corrected chi connectivity index (χ4v) is 3.81. The minimum Gasteiger partial charge on any atom is -0.497 e. The van der Waals surface area contributed by atoms with Gasteiger partial charge in [0.2, 0.25) is 0 Å². The molecule has 2 amide bonds. The van der Waals surface area contributed by atoms with Gasteiger partial charge in [-0.25, -0.2) is 4.79 Å². The Hall–Kier alpha value is -3.09. The number of carbonyl (C=O) groups excluding carboxylic acids is 2. The molecule has 2 aromatic rings. The van der Waals surface area contributed by atoms with Gasteiger partial charge < -0.3 is 19.7 Å². The summed E-state index contributed by atoms with van der Waals surface area (Å²) in [6.07, 6.45) is 3.95. The van der Waals surface area contributed by atoms with Gasteiger partial charge in [0.15, 0.2) is 0 Å². The fourth-order valence-electron chi connectivity index (χ4n) is 3.81. The van der Waals surface area contributed by atoms with E-state index in [1.807, 2.05) is 45.0 Å². The highest BCUT2D eigenvalue weighted by molar-refractivity contribution is 6.06. The highest BCUT2D eigenvalue weighted by Gasteiger charge is 2.32. The number of nitrogens with one attached hydrogen (secondary N) is 1. The van der Waals surface area contributed by atoms with E-state index in [1.54, 1.807) is 24.3 Å². The first-order valence-corrected chi connectivity index (χ1v) is 10.5. The van der Waals surface area contributed by atoms with Crippen LogP contribution in [0.5, 0.6) is 5.75 Å². The van der Waals surface area contributed by atoms with Gasteiger partial charge in [-0.15, -0.1) is 6.58 Å². The Morgan fingerprint density at radius 3 is 2.77 bits per heavy atom. The van der Waals surface area contributed by atoms with E-state index in [2.05, 4.69) is 16.9 Å². The molecule has 0 aliphatic carbocycles. The zero-order valence-corrected chi connectivity index (χ0v) is 18.7. The van der Waals surface area contributed by atoms with Gasteiger partial charge in [0, 0.05) is 31.2 Å². The molecule has 2 atom stereocenters. The number of methoxy groups -OCH3 is 1. The Labute approximate surface area is 183 Å². The van der Waals surface area contributed by atoms with E-state index in [4.69, 9.17) is 9.47 Å². The minimum atomic E-state index is -0.526. The maximum atomic E-state index is 12.9. The number of benzene rings is 1. The molecular formula is C24H31N3O4. The van der Waals surface area contributed by atoms with Crippen LogP contribution < -0.4 is 10.1 Å². The lowest BCUT2D eigenvalue weighted by Gasteiger charge is -2.38. The largest absolute Gasteiger partial charge is 0.497 e. The number of hydrogen-bond acceptors (Lipinski definition) is 5. The van der Waals surface area contributed by atoms with Gasteiger partial charge in [0.05, 0.1) is 18.2 Å². The number of ether oxygens (including phenoxy) is 2. The number of aromatic nitrogens is 1. The number of hydrogen-bond donors (Lipinski definition) is 1. The first-order chi connectivity index (χ1) is 14.7. The smallest absolute Gasteiger partial charge is 0.410 e. The summed E-state index contributed by atoms with van der Waals surface area (Å²) in [6.45, 7) is 11.1. The van der Waals surface area contributed by atoms with Gasteiger partial charge in [-0.1, -0.05) is 6.08 Å². The summed E-state index contributed by atoms with van der Waals surface area (Å²) in [4.78, 5) is 31.4. The molecule has 166 valence electrons. The summed E-state index contributed by atoms with van der Waals surface area (Å²) in [5.41, 5.74) is 0.773.